The first-order valence-electron chi connectivity index (χ1n) is 7.86. The first-order valence-corrected chi connectivity index (χ1v) is 7.86. The molecule has 0 aromatic rings. The Morgan fingerprint density at radius 2 is 1.95 bits per heavy atom. The molecule has 2 aliphatic rings. The van der Waals surface area contributed by atoms with E-state index in [2.05, 4.69) is 6.92 Å². The molecule has 3 nitrogen and oxygen atoms in total. The van der Waals surface area contributed by atoms with E-state index in [4.69, 9.17) is 9.47 Å². The Kier molecular flexibility index (Phi) is 5.83. The summed E-state index contributed by atoms with van der Waals surface area (Å²) in [5, 5.41) is 0. The minimum Gasteiger partial charge on any atom is -0.355 e. The Morgan fingerprint density at radius 1 is 1.21 bits per heavy atom. The van der Waals surface area contributed by atoms with Gasteiger partial charge < -0.3 is 14.3 Å². The van der Waals surface area contributed by atoms with Crippen LogP contribution in [0, 0.1) is 23.7 Å². The van der Waals surface area contributed by atoms with E-state index in [1.54, 1.807) is 7.11 Å². The topological polar surface area (TPSA) is 35.5 Å². The van der Waals surface area contributed by atoms with E-state index in [0.29, 0.717) is 12.3 Å². The lowest BCUT2D eigenvalue weighted by Gasteiger charge is -2.45. The van der Waals surface area contributed by atoms with Gasteiger partial charge in [0.05, 0.1) is 13.0 Å². The molecule has 0 aliphatic heterocycles. The van der Waals surface area contributed by atoms with Gasteiger partial charge in [0.25, 0.3) is 0 Å². The van der Waals surface area contributed by atoms with Gasteiger partial charge in [-0.3, -0.25) is 0 Å². The van der Waals surface area contributed by atoms with Crippen molar-refractivity contribution in [3.8, 4) is 0 Å². The molecular formula is C16H28O3. The zero-order chi connectivity index (χ0) is 13.7. The molecule has 0 radical (unpaired) electrons. The molecule has 2 fully saturated rings. The van der Waals surface area contributed by atoms with Crippen LogP contribution in [0.4, 0.5) is 0 Å². The van der Waals surface area contributed by atoms with E-state index in [1.807, 2.05) is 0 Å². The van der Waals surface area contributed by atoms with Crippen LogP contribution in [0.1, 0.15) is 51.9 Å². The van der Waals surface area contributed by atoms with Crippen molar-refractivity contribution in [2.24, 2.45) is 23.7 Å². The highest BCUT2D eigenvalue weighted by molar-refractivity contribution is 5.49. The number of methoxy groups -OCH3 is 1. The standard InChI is InChI=1S/C16H28O3/c1-3-13-6-4-12-5-7-14(15(13)10-12)11-19-16(18-2)8-9-17/h9,12-16H,3-8,10-11H2,1-2H3. The van der Waals surface area contributed by atoms with Crippen molar-refractivity contribution < 1.29 is 14.3 Å². The fourth-order valence-electron chi connectivity index (χ4n) is 4.12. The molecule has 3 heteroatoms. The van der Waals surface area contributed by atoms with Gasteiger partial charge in [0, 0.05) is 7.11 Å². The third kappa shape index (κ3) is 3.79. The molecular weight excluding hydrogens is 240 g/mol. The Hall–Kier alpha value is -0.410. The second kappa shape index (κ2) is 7.39. The van der Waals surface area contributed by atoms with Gasteiger partial charge >= 0.3 is 0 Å². The second-order valence-electron chi connectivity index (χ2n) is 6.25. The first-order chi connectivity index (χ1) is 9.28. The highest BCUT2D eigenvalue weighted by atomic mass is 16.7. The molecule has 19 heavy (non-hydrogen) atoms. The third-order valence-corrected chi connectivity index (χ3v) is 5.28. The van der Waals surface area contributed by atoms with Crippen molar-refractivity contribution in [2.75, 3.05) is 13.7 Å². The van der Waals surface area contributed by atoms with E-state index in [-0.39, 0.29) is 6.29 Å². The monoisotopic (exact) mass is 268 g/mol. The normalized spacial score (nSPS) is 35.9. The lowest BCUT2D eigenvalue weighted by molar-refractivity contribution is -0.151. The molecule has 2 saturated carbocycles. The molecule has 2 bridgehead atoms. The maximum absolute atomic E-state index is 10.5. The predicted molar refractivity (Wildman–Crippen MR) is 74.8 cm³/mol. The Bertz CT molecular complexity index is 279. The van der Waals surface area contributed by atoms with Gasteiger partial charge in [-0.05, 0) is 42.9 Å². The van der Waals surface area contributed by atoms with Crippen LogP contribution in [0.5, 0.6) is 0 Å². The smallest absolute Gasteiger partial charge is 0.163 e. The molecule has 0 heterocycles. The number of hydrogen-bond acceptors (Lipinski definition) is 3. The summed E-state index contributed by atoms with van der Waals surface area (Å²) in [7, 11) is 1.61. The van der Waals surface area contributed by atoms with Crippen molar-refractivity contribution in [2.45, 2.75) is 58.2 Å². The van der Waals surface area contributed by atoms with E-state index < -0.39 is 0 Å². The number of rotatable bonds is 7. The lowest BCUT2D eigenvalue weighted by Crippen LogP contribution is -2.38. The first kappa shape index (κ1) is 15.0. The average Bonchev–Trinajstić information content (AvgIpc) is 2.45. The summed E-state index contributed by atoms with van der Waals surface area (Å²) in [6, 6.07) is 0. The Morgan fingerprint density at radius 3 is 2.58 bits per heavy atom. The van der Waals surface area contributed by atoms with Crippen LogP contribution in [0.15, 0.2) is 0 Å². The molecule has 2 rings (SSSR count). The predicted octanol–water partition coefficient (Wildman–Crippen LogP) is 3.42. The molecule has 0 amide bonds. The Balaban J connectivity index is 1.86. The fraction of sp³-hybridized carbons (Fsp3) is 0.938. The van der Waals surface area contributed by atoms with Crippen LogP contribution in [0.3, 0.4) is 0 Å². The summed E-state index contributed by atoms with van der Waals surface area (Å²) in [6.07, 6.45) is 9.08. The van der Waals surface area contributed by atoms with Gasteiger partial charge in [-0.2, -0.15) is 0 Å². The number of carbonyl (C=O) groups is 1. The van der Waals surface area contributed by atoms with Crippen LogP contribution < -0.4 is 0 Å². The van der Waals surface area contributed by atoms with Crippen molar-refractivity contribution in [1.82, 2.24) is 0 Å². The number of hydrogen-bond donors (Lipinski definition) is 0. The summed E-state index contributed by atoms with van der Waals surface area (Å²) in [5.41, 5.74) is 0. The van der Waals surface area contributed by atoms with Gasteiger partial charge in [0.2, 0.25) is 0 Å². The van der Waals surface area contributed by atoms with Crippen LogP contribution in [-0.2, 0) is 14.3 Å². The van der Waals surface area contributed by atoms with Gasteiger partial charge in [0.1, 0.15) is 6.29 Å². The average molecular weight is 268 g/mol. The van der Waals surface area contributed by atoms with Crippen molar-refractivity contribution in [1.29, 1.82) is 0 Å². The van der Waals surface area contributed by atoms with Crippen LogP contribution in [0.25, 0.3) is 0 Å². The van der Waals surface area contributed by atoms with Crippen molar-refractivity contribution in [3.05, 3.63) is 0 Å². The van der Waals surface area contributed by atoms with Crippen molar-refractivity contribution >= 4 is 6.29 Å². The largest absolute Gasteiger partial charge is 0.355 e. The molecule has 0 spiro atoms. The molecule has 2 aliphatic carbocycles. The number of carbonyl (C=O) groups excluding carboxylic acids is 1. The summed E-state index contributed by atoms with van der Waals surface area (Å²) in [4.78, 5) is 10.5. The van der Waals surface area contributed by atoms with Crippen LogP contribution >= 0.6 is 0 Å². The number of ether oxygens (including phenoxy) is 2. The molecule has 110 valence electrons. The third-order valence-electron chi connectivity index (χ3n) is 5.28. The highest BCUT2D eigenvalue weighted by Gasteiger charge is 2.38. The van der Waals surface area contributed by atoms with E-state index >= 15 is 0 Å². The number of aldehydes is 1. The minimum absolute atomic E-state index is 0.341. The SMILES string of the molecule is CCC1CCC2CCC(COC(CC=O)OC)C1C2. The van der Waals surface area contributed by atoms with Gasteiger partial charge in [-0.15, -0.1) is 0 Å². The molecule has 5 atom stereocenters. The maximum atomic E-state index is 10.5. The van der Waals surface area contributed by atoms with E-state index in [0.717, 1.165) is 30.6 Å². The summed E-state index contributed by atoms with van der Waals surface area (Å²) in [5.74, 6) is 3.37. The second-order valence-corrected chi connectivity index (χ2v) is 6.25. The molecule has 0 aromatic carbocycles. The molecule has 0 saturated heterocycles. The van der Waals surface area contributed by atoms with Crippen LogP contribution in [-0.4, -0.2) is 26.3 Å². The van der Waals surface area contributed by atoms with Gasteiger partial charge in [-0.1, -0.05) is 26.2 Å². The summed E-state index contributed by atoms with van der Waals surface area (Å²) >= 11 is 0. The van der Waals surface area contributed by atoms with Crippen LogP contribution in [0.2, 0.25) is 0 Å². The number of fused-ring (bicyclic) bond motifs is 2. The van der Waals surface area contributed by atoms with E-state index in [1.165, 1.54) is 38.5 Å². The maximum Gasteiger partial charge on any atom is 0.163 e. The lowest BCUT2D eigenvalue weighted by atomic mass is 9.62. The highest BCUT2D eigenvalue weighted by Crippen LogP contribution is 2.47. The van der Waals surface area contributed by atoms with Gasteiger partial charge in [0.15, 0.2) is 6.29 Å². The molecule has 5 unspecified atom stereocenters. The Labute approximate surface area is 117 Å². The summed E-state index contributed by atoms with van der Waals surface area (Å²) < 4.78 is 11.0. The zero-order valence-electron chi connectivity index (χ0n) is 12.3. The summed E-state index contributed by atoms with van der Waals surface area (Å²) in [6.45, 7) is 3.09. The van der Waals surface area contributed by atoms with Crippen molar-refractivity contribution in [3.63, 3.8) is 0 Å². The van der Waals surface area contributed by atoms with E-state index in [9.17, 15) is 4.79 Å². The molecule has 0 N–H and O–H groups in total. The quantitative estimate of drug-likeness (QED) is 0.524. The van der Waals surface area contributed by atoms with Gasteiger partial charge in [-0.25, -0.2) is 0 Å². The fourth-order valence-corrected chi connectivity index (χ4v) is 4.12. The molecule has 0 aromatic heterocycles. The minimum atomic E-state index is -0.348. The zero-order valence-corrected chi connectivity index (χ0v) is 12.3.